The maximum absolute atomic E-state index is 13.0. The molecule has 124 valence electrons. The highest BCUT2D eigenvalue weighted by molar-refractivity contribution is 6.34. The molecule has 0 bridgehead atoms. The largest absolute Gasteiger partial charge is 0.457 e. The second-order valence-corrected chi connectivity index (χ2v) is 6.45. The third-order valence-electron chi connectivity index (χ3n) is 4.02. The second kappa shape index (κ2) is 6.43. The molecule has 0 unspecified atom stereocenters. The maximum atomic E-state index is 13.0. The van der Waals surface area contributed by atoms with Crippen LogP contribution in [-0.2, 0) is 4.79 Å². The van der Waals surface area contributed by atoms with Gasteiger partial charge in [-0.3, -0.25) is 4.79 Å². The van der Waals surface area contributed by atoms with E-state index in [-0.39, 0.29) is 5.75 Å². The molecule has 1 aliphatic heterocycles. The molecule has 0 N–H and O–H groups in total. The minimum absolute atomic E-state index is 0.237. The predicted octanol–water partition coefficient (Wildman–Crippen LogP) is 5.84. The van der Waals surface area contributed by atoms with Gasteiger partial charge < -0.3 is 9.47 Å². The van der Waals surface area contributed by atoms with Gasteiger partial charge in [0.15, 0.2) is 5.75 Å². The highest BCUT2D eigenvalue weighted by atomic mass is 35.5. The Labute approximate surface area is 154 Å². The molecule has 0 saturated heterocycles. The van der Waals surface area contributed by atoms with Gasteiger partial charge in [-0.1, -0.05) is 59.6 Å². The molecule has 0 aliphatic carbocycles. The van der Waals surface area contributed by atoms with Gasteiger partial charge in [0, 0.05) is 22.2 Å². The monoisotopic (exact) mass is 370 g/mol. The zero-order valence-electron chi connectivity index (χ0n) is 12.9. The normalized spacial score (nSPS) is 12.7. The Kier molecular flexibility index (Phi) is 4.12. The second-order valence-electron chi connectivity index (χ2n) is 5.61. The van der Waals surface area contributed by atoms with Gasteiger partial charge in [0.25, 0.3) is 0 Å². The standard InChI is InChI=1S/C20H12Cl2O3/c21-12-9-10-15(22)18(11-12)25-20(23)19-13-5-1-3-7-16(13)24-17-8-4-2-6-14(17)19/h1-11,19H. The fourth-order valence-electron chi connectivity index (χ4n) is 2.89. The lowest BCUT2D eigenvalue weighted by Gasteiger charge is -2.26. The van der Waals surface area contributed by atoms with Crippen molar-refractivity contribution < 1.29 is 14.3 Å². The molecule has 4 rings (SSSR count). The van der Waals surface area contributed by atoms with E-state index < -0.39 is 11.9 Å². The van der Waals surface area contributed by atoms with Gasteiger partial charge in [0.05, 0.1) is 5.02 Å². The summed E-state index contributed by atoms with van der Waals surface area (Å²) in [7, 11) is 0. The van der Waals surface area contributed by atoms with Crippen molar-refractivity contribution in [1.82, 2.24) is 0 Å². The first-order valence-electron chi connectivity index (χ1n) is 7.66. The van der Waals surface area contributed by atoms with Gasteiger partial charge in [-0.05, 0) is 24.3 Å². The van der Waals surface area contributed by atoms with E-state index >= 15 is 0 Å². The number of rotatable bonds is 2. The van der Waals surface area contributed by atoms with Crippen LogP contribution in [0.3, 0.4) is 0 Å². The lowest BCUT2D eigenvalue weighted by Crippen LogP contribution is -2.23. The van der Waals surface area contributed by atoms with Crippen molar-refractivity contribution in [1.29, 1.82) is 0 Å². The fraction of sp³-hybridized carbons (Fsp3) is 0.0500. The SMILES string of the molecule is O=C(Oc1cc(Cl)ccc1Cl)C1c2ccccc2Oc2ccccc21. The van der Waals surface area contributed by atoms with Crippen molar-refractivity contribution in [2.75, 3.05) is 0 Å². The molecule has 0 atom stereocenters. The van der Waals surface area contributed by atoms with Crippen LogP contribution in [0.5, 0.6) is 17.2 Å². The van der Waals surface area contributed by atoms with Gasteiger partial charge in [-0.15, -0.1) is 0 Å². The van der Waals surface area contributed by atoms with Crippen molar-refractivity contribution in [3.63, 3.8) is 0 Å². The van der Waals surface area contributed by atoms with Crippen LogP contribution >= 0.6 is 23.2 Å². The summed E-state index contributed by atoms with van der Waals surface area (Å²) in [5.41, 5.74) is 1.51. The molecule has 3 aromatic carbocycles. The van der Waals surface area contributed by atoms with Gasteiger partial charge in [-0.2, -0.15) is 0 Å². The van der Waals surface area contributed by atoms with Crippen molar-refractivity contribution in [2.45, 2.75) is 5.92 Å². The van der Waals surface area contributed by atoms with Crippen LogP contribution in [-0.4, -0.2) is 5.97 Å². The van der Waals surface area contributed by atoms with Gasteiger partial charge >= 0.3 is 5.97 Å². The van der Waals surface area contributed by atoms with E-state index in [2.05, 4.69) is 0 Å². The lowest BCUT2D eigenvalue weighted by molar-refractivity contribution is -0.135. The number of ether oxygens (including phenoxy) is 2. The summed E-state index contributed by atoms with van der Waals surface area (Å²) in [6, 6.07) is 19.6. The molecule has 0 saturated carbocycles. The summed E-state index contributed by atoms with van der Waals surface area (Å²) in [5, 5.41) is 0.770. The summed E-state index contributed by atoms with van der Waals surface area (Å²) >= 11 is 12.1. The van der Waals surface area contributed by atoms with E-state index in [1.807, 2.05) is 48.5 Å². The zero-order chi connectivity index (χ0) is 17.4. The molecule has 0 spiro atoms. The van der Waals surface area contributed by atoms with E-state index in [9.17, 15) is 4.79 Å². The molecular weight excluding hydrogens is 359 g/mol. The Hall–Kier alpha value is -2.49. The smallest absolute Gasteiger partial charge is 0.323 e. The van der Waals surface area contributed by atoms with E-state index in [0.717, 1.165) is 11.1 Å². The Morgan fingerprint density at radius 1 is 0.880 bits per heavy atom. The molecule has 25 heavy (non-hydrogen) atoms. The maximum Gasteiger partial charge on any atom is 0.323 e. The van der Waals surface area contributed by atoms with E-state index in [1.54, 1.807) is 12.1 Å². The van der Waals surface area contributed by atoms with E-state index in [4.69, 9.17) is 32.7 Å². The van der Waals surface area contributed by atoms with Crippen molar-refractivity contribution in [3.05, 3.63) is 87.9 Å². The predicted molar refractivity (Wildman–Crippen MR) is 96.9 cm³/mol. The third kappa shape index (κ3) is 2.97. The van der Waals surface area contributed by atoms with Crippen LogP contribution in [0.25, 0.3) is 0 Å². The number of benzene rings is 3. The molecule has 0 radical (unpaired) electrons. The molecule has 1 aliphatic rings. The van der Waals surface area contributed by atoms with Crippen molar-refractivity contribution >= 4 is 29.2 Å². The molecular formula is C20H12Cl2O3. The number of carbonyl (C=O) groups excluding carboxylic acids is 1. The number of halogens is 2. The van der Waals surface area contributed by atoms with Crippen LogP contribution in [0.1, 0.15) is 17.0 Å². The van der Waals surface area contributed by atoms with E-state index in [0.29, 0.717) is 21.5 Å². The Balaban J connectivity index is 1.76. The quantitative estimate of drug-likeness (QED) is 0.420. The fourth-order valence-corrected chi connectivity index (χ4v) is 3.20. The summed E-state index contributed by atoms with van der Waals surface area (Å²) in [5.74, 6) is 0.477. The first-order valence-corrected chi connectivity index (χ1v) is 8.41. The number of hydrogen-bond acceptors (Lipinski definition) is 3. The summed E-state index contributed by atoms with van der Waals surface area (Å²) in [4.78, 5) is 13.0. The lowest BCUT2D eigenvalue weighted by atomic mass is 9.88. The van der Waals surface area contributed by atoms with Crippen molar-refractivity contribution in [3.8, 4) is 17.2 Å². The first-order chi connectivity index (χ1) is 12.1. The number of para-hydroxylation sites is 2. The molecule has 5 heteroatoms. The van der Waals surface area contributed by atoms with E-state index in [1.165, 1.54) is 6.07 Å². The highest BCUT2D eigenvalue weighted by Gasteiger charge is 2.34. The number of hydrogen-bond donors (Lipinski definition) is 0. The topological polar surface area (TPSA) is 35.5 Å². The molecule has 3 aromatic rings. The van der Waals surface area contributed by atoms with Crippen LogP contribution in [0, 0.1) is 0 Å². The first kappa shape index (κ1) is 16.0. The summed E-state index contributed by atoms with van der Waals surface area (Å²) in [6.45, 7) is 0. The van der Waals surface area contributed by atoms with Gasteiger partial charge in [0.1, 0.15) is 17.4 Å². The van der Waals surface area contributed by atoms with Crippen LogP contribution in [0.4, 0.5) is 0 Å². The van der Waals surface area contributed by atoms with Crippen LogP contribution < -0.4 is 9.47 Å². The average Bonchev–Trinajstić information content (AvgIpc) is 2.62. The Bertz CT molecular complexity index is 923. The molecule has 3 nitrogen and oxygen atoms in total. The summed E-state index contributed by atoms with van der Waals surface area (Å²) in [6.07, 6.45) is 0. The third-order valence-corrected chi connectivity index (χ3v) is 4.57. The van der Waals surface area contributed by atoms with Crippen LogP contribution in [0.2, 0.25) is 10.0 Å². The Morgan fingerprint density at radius 3 is 2.12 bits per heavy atom. The number of carbonyl (C=O) groups is 1. The minimum atomic E-state index is -0.601. The van der Waals surface area contributed by atoms with Crippen LogP contribution in [0.15, 0.2) is 66.7 Å². The molecule has 1 heterocycles. The number of esters is 1. The minimum Gasteiger partial charge on any atom is -0.457 e. The Morgan fingerprint density at radius 2 is 1.48 bits per heavy atom. The van der Waals surface area contributed by atoms with Crippen molar-refractivity contribution in [2.24, 2.45) is 0 Å². The molecule has 0 amide bonds. The molecule has 0 aromatic heterocycles. The summed E-state index contributed by atoms with van der Waals surface area (Å²) < 4.78 is 11.5. The van der Waals surface area contributed by atoms with Gasteiger partial charge in [0.2, 0.25) is 0 Å². The zero-order valence-corrected chi connectivity index (χ0v) is 14.4. The average molecular weight is 371 g/mol. The highest BCUT2D eigenvalue weighted by Crippen LogP contribution is 2.44. The molecule has 0 fully saturated rings. The van der Waals surface area contributed by atoms with Gasteiger partial charge in [-0.25, -0.2) is 0 Å². The number of fused-ring (bicyclic) bond motifs is 2.